The maximum absolute atomic E-state index is 12.0. The van der Waals surface area contributed by atoms with Gasteiger partial charge in [-0.05, 0) is 17.7 Å². The van der Waals surface area contributed by atoms with Crippen LogP contribution < -0.4 is 5.32 Å². The summed E-state index contributed by atoms with van der Waals surface area (Å²) in [6, 6.07) is 16.8. The van der Waals surface area contributed by atoms with E-state index in [9.17, 15) is 4.79 Å². The average Bonchev–Trinajstić information content (AvgIpc) is 2.42. The second kappa shape index (κ2) is 6.25. The third kappa shape index (κ3) is 3.73. The number of urea groups is 1. The van der Waals surface area contributed by atoms with E-state index in [0.717, 1.165) is 5.56 Å². The zero-order valence-corrected chi connectivity index (χ0v) is 11.4. The van der Waals surface area contributed by atoms with Crippen LogP contribution in [0.3, 0.4) is 0 Å². The molecule has 0 bridgehead atoms. The molecule has 0 aliphatic heterocycles. The van der Waals surface area contributed by atoms with Crippen molar-refractivity contribution in [1.82, 2.24) is 4.90 Å². The van der Waals surface area contributed by atoms with E-state index in [2.05, 4.69) is 5.32 Å². The molecule has 2 aromatic rings. The van der Waals surface area contributed by atoms with E-state index in [4.69, 9.17) is 11.6 Å². The lowest BCUT2D eigenvalue weighted by Gasteiger charge is -2.18. The molecule has 0 heterocycles. The minimum atomic E-state index is -0.183. The summed E-state index contributed by atoms with van der Waals surface area (Å²) in [6.07, 6.45) is 0. The smallest absolute Gasteiger partial charge is 0.321 e. The van der Waals surface area contributed by atoms with Gasteiger partial charge in [-0.2, -0.15) is 0 Å². The summed E-state index contributed by atoms with van der Waals surface area (Å²) in [6.45, 7) is 0.553. The predicted octanol–water partition coefficient (Wildman–Crippen LogP) is 4.00. The predicted molar refractivity (Wildman–Crippen MR) is 78.4 cm³/mol. The summed E-state index contributed by atoms with van der Waals surface area (Å²) in [7, 11) is 1.75. The SMILES string of the molecule is CN(Cc1ccccc1)C(=O)Nc1ccccc1Cl. The van der Waals surface area contributed by atoms with Crippen LogP contribution in [0, 0.1) is 0 Å². The van der Waals surface area contributed by atoms with E-state index >= 15 is 0 Å². The van der Waals surface area contributed by atoms with E-state index < -0.39 is 0 Å². The largest absolute Gasteiger partial charge is 0.323 e. The van der Waals surface area contributed by atoms with Gasteiger partial charge in [-0.3, -0.25) is 0 Å². The van der Waals surface area contributed by atoms with Crippen LogP contribution in [0.5, 0.6) is 0 Å². The molecule has 0 aliphatic rings. The number of halogens is 1. The Balaban J connectivity index is 1.99. The van der Waals surface area contributed by atoms with Crippen molar-refractivity contribution in [3.8, 4) is 0 Å². The van der Waals surface area contributed by atoms with Gasteiger partial charge in [-0.25, -0.2) is 4.79 Å². The standard InChI is InChI=1S/C15H15ClN2O/c1-18(11-12-7-3-2-4-8-12)15(19)17-14-10-6-5-9-13(14)16/h2-10H,11H2,1H3,(H,17,19). The van der Waals surface area contributed by atoms with Crippen molar-refractivity contribution in [3.63, 3.8) is 0 Å². The molecule has 0 fully saturated rings. The van der Waals surface area contributed by atoms with Crippen molar-refractivity contribution in [2.75, 3.05) is 12.4 Å². The molecule has 1 N–H and O–H groups in total. The van der Waals surface area contributed by atoms with Gasteiger partial charge < -0.3 is 10.2 Å². The van der Waals surface area contributed by atoms with E-state index in [1.54, 1.807) is 24.1 Å². The van der Waals surface area contributed by atoms with Crippen LogP contribution in [-0.2, 0) is 6.54 Å². The topological polar surface area (TPSA) is 32.3 Å². The molecule has 2 amide bonds. The zero-order valence-electron chi connectivity index (χ0n) is 10.6. The van der Waals surface area contributed by atoms with Gasteiger partial charge in [0.15, 0.2) is 0 Å². The molecule has 0 saturated heterocycles. The first-order valence-electron chi connectivity index (χ1n) is 5.97. The summed E-state index contributed by atoms with van der Waals surface area (Å²) < 4.78 is 0. The lowest BCUT2D eigenvalue weighted by atomic mass is 10.2. The molecular weight excluding hydrogens is 260 g/mol. The number of hydrogen-bond acceptors (Lipinski definition) is 1. The van der Waals surface area contributed by atoms with Gasteiger partial charge in [0.1, 0.15) is 0 Å². The van der Waals surface area contributed by atoms with Crippen LogP contribution in [0.25, 0.3) is 0 Å². The van der Waals surface area contributed by atoms with Crippen molar-refractivity contribution < 1.29 is 4.79 Å². The fourth-order valence-electron chi connectivity index (χ4n) is 1.70. The summed E-state index contributed by atoms with van der Waals surface area (Å²) in [5.41, 5.74) is 1.70. The molecule has 0 spiro atoms. The highest BCUT2D eigenvalue weighted by Crippen LogP contribution is 2.20. The molecular formula is C15H15ClN2O. The molecule has 0 unspecified atom stereocenters. The first-order chi connectivity index (χ1) is 9.16. The molecule has 0 aromatic heterocycles. The number of anilines is 1. The van der Waals surface area contributed by atoms with Crippen LogP contribution >= 0.6 is 11.6 Å². The highest BCUT2D eigenvalue weighted by Gasteiger charge is 2.10. The molecule has 0 aliphatic carbocycles. The first-order valence-corrected chi connectivity index (χ1v) is 6.35. The number of amides is 2. The van der Waals surface area contributed by atoms with E-state index in [1.807, 2.05) is 42.5 Å². The number of nitrogens with zero attached hydrogens (tertiary/aromatic N) is 1. The molecule has 2 aromatic carbocycles. The number of nitrogens with one attached hydrogen (secondary N) is 1. The fraction of sp³-hybridized carbons (Fsp3) is 0.133. The summed E-state index contributed by atoms with van der Waals surface area (Å²) in [5.74, 6) is 0. The van der Waals surface area contributed by atoms with Crippen LogP contribution in [0.2, 0.25) is 5.02 Å². The van der Waals surface area contributed by atoms with E-state index in [0.29, 0.717) is 17.3 Å². The summed E-state index contributed by atoms with van der Waals surface area (Å²) >= 11 is 6.00. The number of benzene rings is 2. The van der Waals surface area contributed by atoms with Crippen LogP contribution in [-0.4, -0.2) is 18.0 Å². The quantitative estimate of drug-likeness (QED) is 0.901. The van der Waals surface area contributed by atoms with Gasteiger partial charge in [0, 0.05) is 13.6 Å². The Morgan fingerprint density at radius 1 is 1.11 bits per heavy atom. The molecule has 0 radical (unpaired) electrons. The number of para-hydroxylation sites is 1. The van der Waals surface area contributed by atoms with Gasteiger partial charge in [0.25, 0.3) is 0 Å². The summed E-state index contributed by atoms with van der Waals surface area (Å²) in [5, 5.41) is 3.32. The zero-order chi connectivity index (χ0) is 13.7. The molecule has 19 heavy (non-hydrogen) atoms. The second-order valence-electron chi connectivity index (χ2n) is 4.25. The summed E-state index contributed by atoms with van der Waals surface area (Å²) in [4.78, 5) is 13.6. The Bertz CT molecular complexity index is 557. The number of rotatable bonds is 3. The van der Waals surface area contributed by atoms with Crippen molar-refractivity contribution >= 4 is 23.3 Å². The van der Waals surface area contributed by atoms with Gasteiger partial charge in [-0.1, -0.05) is 54.1 Å². The molecule has 0 saturated carbocycles. The van der Waals surface area contributed by atoms with Crippen molar-refractivity contribution in [3.05, 3.63) is 65.2 Å². The van der Waals surface area contributed by atoms with Gasteiger partial charge in [0.05, 0.1) is 10.7 Å². The Morgan fingerprint density at radius 2 is 1.74 bits per heavy atom. The fourth-order valence-corrected chi connectivity index (χ4v) is 1.89. The maximum Gasteiger partial charge on any atom is 0.321 e. The number of carbonyl (C=O) groups excluding carboxylic acids is 1. The Hall–Kier alpha value is -2.00. The van der Waals surface area contributed by atoms with Gasteiger partial charge in [0.2, 0.25) is 0 Å². The molecule has 3 nitrogen and oxygen atoms in total. The van der Waals surface area contributed by atoms with Gasteiger partial charge in [-0.15, -0.1) is 0 Å². The Labute approximate surface area is 117 Å². The molecule has 98 valence electrons. The average molecular weight is 275 g/mol. The highest BCUT2D eigenvalue weighted by atomic mass is 35.5. The maximum atomic E-state index is 12.0. The van der Waals surface area contributed by atoms with Crippen molar-refractivity contribution in [2.24, 2.45) is 0 Å². The Kier molecular flexibility index (Phi) is 4.42. The molecule has 2 rings (SSSR count). The number of hydrogen-bond donors (Lipinski definition) is 1. The third-order valence-corrected chi connectivity index (χ3v) is 3.05. The monoisotopic (exact) mass is 274 g/mol. The normalized spacial score (nSPS) is 10.0. The number of carbonyl (C=O) groups is 1. The van der Waals surface area contributed by atoms with E-state index in [-0.39, 0.29) is 6.03 Å². The Morgan fingerprint density at radius 3 is 2.42 bits per heavy atom. The van der Waals surface area contributed by atoms with Gasteiger partial charge >= 0.3 is 6.03 Å². The van der Waals surface area contributed by atoms with Crippen molar-refractivity contribution in [2.45, 2.75) is 6.54 Å². The minimum Gasteiger partial charge on any atom is -0.323 e. The lowest BCUT2D eigenvalue weighted by molar-refractivity contribution is 0.220. The van der Waals surface area contributed by atoms with E-state index in [1.165, 1.54) is 0 Å². The van der Waals surface area contributed by atoms with Crippen molar-refractivity contribution in [1.29, 1.82) is 0 Å². The lowest BCUT2D eigenvalue weighted by Crippen LogP contribution is -2.30. The second-order valence-corrected chi connectivity index (χ2v) is 4.66. The van der Waals surface area contributed by atoms with Crippen LogP contribution in [0.15, 0.2) is 54.6 Å². The first kappa shape index (κ1) is 13.4. The van der Waals surface area contributed by atoms with Crippen LogP contribution in [0.4, 0.5) is 10.5 Å². The highest BCUT2D eigenvalue weighted by molar-refractivity contribution is 6.33. The molecule has 0 atom stereocenters. The third-order valence-electron chi connectivity index (χ3n) is 2.72. The minimum absolute atomic E-state index is 0.183. The molecule has 4 heteroatoms. The van der Waals surface area contributed by atoms with Crippen LogP contribution in [0.1, 0.15) is 5.56 Å².